The molecule has 0 amide bonds. The highest BCUT2D eigenvalue weighted by Gasteiger charge is 2.44. The Morgan fingerprint density at radius 2 is 1.70 bits per heavy atom. The zero-order chi connectivity index (χ0) is 14.2. The molecule has 0 unspecified atom stereocenters. The maximum atomic E-state index is 14.2. The molecule has 2 aliphatic carbocycles. The van der Waals surface area contributed by atoms with Gasteiger partial charge in [-0.05, 0) is 56.1 Å². The van der Waals surface area contributed by atoms with E-state index < -0.39 is 5.60 Å². The summed E-state index contributed by atoms with van der Waals surface area (Å²) in [5, 5.41) is 10.8. The summed E-state index contributed by atoms with van der Waals surface area (Å²) in [5.41, 5.74) is -0.120. The number of hydrogen-bond acceptors (Lipinski definition) is 2. The number of aliphatic hydroxyl groups is 1. The van der Waals surface area contributed by atoms with Crippen molar-refractivity contribution in [2.24, 2.45) is 5.41 Å². The molecule has 0 aliphatic heterocycles. The lowest BCUT2D eigenvalue weighted by atomic mass is 9.66. The fraction of sp³-hybridized carbons (Fsp3) is 0.647. The van der Waals surface area contributed by atoms with Crippen LogP contribution in [0, 0.1) is 11.2 Å². The van der Waals surface area contributed by atoms with Crippen LogP contribution in [0.5, 0.6) is 5.75 Å². The van der Waals surface area contributed by atoms with E-state index in [1.807, 2.05) is 0 Å². The van der Waals surface area contributed by atoms with E-state index in [1.54, 1.807) is 12.1 Å². The average Bonchev–Trinajstić information content (AvgIpc) is 2.91. The number of benzene rings is 1. The van der Waals surface area contributed by atoms with Gasteiger partial charge >= 0.3 is 0 Å². The second-order valence-corrected chi connectivity index (χ2v) is 6.58. The van der Waals surface area contributed by atoms with Crippen LogP contribution in [0.4, 0.5) is 4.39 Å². The highest BCUT2D eigenvalue weighted by Crippen LogP contribution is 2.53. The van der Waals surface area contributed by atoms with Crippen molar-refractivity contribution < 1.29 is 14.2 Å². The van der Waals surface area contributed by atoms with Crippen LogP contribution >= 0.6 is 0 Å². The van der Waals surface area contributed by atoms with Gasteiger partial charge in [0, 0.05) is 11.6 Å². The molecule has 0 atom stereocenters. The van der Waals surface area contributed by atoms with Crippen LogP contribution in [0.25, 0.3) is 0 Å². The third-order valence-electron chi connectivity index (χ3n) is 5.48. The van der Waals surface area contributed by atoms with Gasteiger partial charge in [0.15, 0.2) is 0 Å². The van der Waals surface area contributed by atoms with Gasteiger partial charge in [-0.2, -0.15) is 0 Å². The maximum Gasteiger partial charge on any atom is 0.132 e. The zero-order valence-corrected chi connectivity index (χ0v) is 12.1. The van der Waals surface area contributed by atoms with Crippen LogP contribution < -0.4 is 4.74 Å². The predicted octanol–water partition coefficient (Wildman–Crippen LogP) is 4.16. The van der Waals surface area contributed by atoms with Crippen LogP contribution in [0.3, 0.4) is 0 Å². The van der Waals surface area contributed by atoms with Crippen molar-refractivity contribution >= 4 is 0 Å². The second kappa shape index (κ2) is 5.03. The first-order valence-electron chi connectivity index (χ1n) is 7.63. The first-order chi connectivity index (χ1) is 9.57. The van der Waals surface area contributed by atoms with Crippen LogP contribution in [0.1, 0.15) is 56.9 Å². The van der Waals surface area contributed by atoms with E-state index >= 15 is 0 Å². The molecule has 1 spiro atoms. The molecular weight excluding hydrogens is 255 g/mol. The molecule has 110 valence electrons. The molecule has 1 aromatic rings. The molecule has 2 aliphatic rings. The Morgan fingerprint density at radius 1 is 1.05 bits per heavy atom. The second-order valence-electron chi connectivity index (χ2n) is 6.58. The van der Waals surface area contributed by atoms with E-state index in [0.29, 0.717) is 29.6 Å². The van der Waals surface area contributed by atoms with Gasteiger partial charge in [0.2, 0.25) is 0 Å². The van der Waals surface area contributed by atoms with Crippen LogP contribution in [-0.4, -0.2) is 12.2 Å². The molecule has 2 saturated carbocycles. The van der Waals surface area contributed by atoms with Crippen molar-refractivity contribution in [1.82, 2.24) is 0 Å². The molecule has 0 heterocycles. The summed E-state index contributed by atoms with van der Waals surface area (Å²) >= 11 is 0. The minimum absolute atomic E-state index is 0.353. The van der Waals surface area contributed by atoms with Crippen molar-refractivity contribution in [1.29, 1.82) is 0 Å². The summed E-state index contributed by atoms with van der Waals surface area (Å²) in [6, 6.07) is 4.78. The summed E-state index contributed by atoms with van der Waals surface area (Å²) in [7, 11) is 1.52. The maximum absolute atomic E-state index is 14.2. The Labute approximate surface area is 120 Å². The molecule has 1 aromatic carbocycles. The number of hydrogen-bond donors (Lipinski definition) is 1. The molecule has 3 rings (SSSR count). The number of ether oxygens (including phenoxy) is 1. The summed E-state index contributed by atoms with van der Waals surface area (Å²) in [6.45, 7) is 0. The standard InChI is InChI=1S/C17H23FO2/c1-20-13-4-5-14(15(18)12-13)17(19)10-8-16(9-11-17)6-2-3-7-16/h4-5,12,19H,2-3,6-11H2,1H3. The number of methoxy groups -OCH3 is 1. The molecule has 1 N–H and O–H groups in total. The molecular formula is C17H23FO2. The van der Waals surface area contributed by atoms with Crippen molar-refractivity contribution in [3.8, 4) is 5.75 Å². The summed E-state index contributed by atoms with van der Waals surface area (Å²) < 4.78 is 19.2. The van der Waals surface area contributed by atoms with Crippen LogP contribution in [-0.2, 0) is 5.60 Å². The van der Waals surface area contributed by atoms with Crippen LogP contribution in [0.2, 0.25) is 0 Å². The van der Waals surface area contributed by atoms with Crippen molar-refractivity contribution in [3.05, 3.63) is 29.6 Å². The zero-order valence-electron chi connectivity index (χ0n) is 12.1. The van der Waals surface area contributed by atoms with E-state index in [2.05, 4.69) is 0 Å². The van der Waals surface area contributed by atoms with Gasteiger partial charge in [-0.15, -0.1) is 0 Å². The van der Waals surface area contributed by atoms with Gasteiger partial charge in [0.1, 0.15) is 11.6 Å². The summed E-state index contributed by atoms with van der Waals surface area (Å²) in [6.07, 6.45) is 8.60. The van der Waals surface area contributed by atoms with E-state index in [9.17, 15) is 9.50 Å². The fourth-order valence-corrected chi connectivity index (χ4v) is 4.09. The van der Waals surface area contributed by atoms with Crippen LogP contribution in [0.15, 0.2) is 18.2 Å². The largest absolute Gasteiger partial charge is 0.497 e. The molecule has 0 radical (unpaired) electrons. The number of halogens is 1. The van der Waals surface area contributed by atoms with E-state index in [0.717, 1.165) is 12.8 Å². The molecule has 20 heavy (non-hydrogen) atoms. The minimum Gasteiger partial charge on any atom is -0.497 e. The van der Waals surface area contributed by atoms with Gasteiger partial charge < -0.3 is 9.84 Å². The monoisotopic (exact) mass is 278 g/mol. The topological polar surface area (TPSA) is 29.5 Å². The molecule has 0 aromatic heterocycles. The lowest BCUT2D eigenvalue weighted by Gasteiger charge is -2.42. The Hall–Kier alpha value is -1.09. The normalized spacial score (nSPS) is 23.9. The SMILES string of the molecule is COc1ccc(C2(O)CCC3(CCCC3)CC2)c(F)c1. The van der Waals surface area contributed by atoms with Gasteiger partial charge in [-0.3, -0.25) is 0 Å². The number of rotatable bonds is 2. The smallest absolute Gasteiger partial charge is 0.132 e. The first-order valence-corrected chi connectivity index (χ1v) is 7.63. The molecule has 0 bridgehead atoms. The molecule has 3 heteroatoms. The Balaban J connectivity index is 1.80. The molecule has 0 saturated heterocycles. The summed E-state index contributed by atoms with van der Waals surface area (Å²) in [4.78, 5) is 0. The van der Waals surface area contributed by atoms with Crippen molar-refractivity contribution in [2.75, 3.05) is 7.11 Å². The van der Waals surface area contributed by atoms with E-state index in [-0.39, 0.29) is 5.82 Å². The third kappa shape index (κ3) is 2.32. The lowest BCUT2D eigenvalue weighted by molar-refractivity contribution is -0.0400. The highest BCUT2D eigenvalue weighted by atomic mass is 19.1. The van der Waals surface area contributed by atoms with Crippen molar-refractivity contribution in [3.63, 3.8) is 0 Å². The summed E-state index contributed by atoms with van der Waals surface area (Å²) in [5.74, 6) is 0.146. The molecule has 2 fully saturated rings. The van der Waals surface area contributed by atoms with E-state index in [4.69, 9.17) is 4.74 Å². The first kappa shape index (κ1) is 13.9. The average molecular weight is 278 g/mol. The quantitative estimate of drug-likeness (QED) is 0.880. The van der Waals surface area contributed by atoms with Gasteiger partial charge in [0.25, 0.3) is 0 Å². The highest BCUT2D eigenvalue weighted by molar-refractivity contribution is 5.33. The van der Waals surface area contributed by atoms with Gasteiger partial charge in [-0.25, -0.2) is 4.39 Å². The fourth-order valence-electron chi connectivity index (χ4n) is 4.09. The van der Waals surface area contributed by atoms with Gasteiger partial charge in [0.05, 0.1) is 12.7 Å². The third-order valence-corrected chi connectivity index (χ3v) is 5.48. The van der Waals surface area contributed by atoms with Gasteiger partial charge in [-0.1, -0.05) is 12.8 Å². The lowest BCUT2D eigenvalue weighted by Crippen LogP contribution is -2.36. The Kier molecular flexibility index (Phi) is 3.49. The van der Waals surface area contributed by atoms with Crippen molar-refractivity contribution in [2.45, 2.75) is 57.0 Å². The Bertz CT molecular complexity index is 482. The minimum atomic E-state index is -0.996. The molecule has 2 nitrogen and oxygen atoms in total. The predicted molar refractivity (Wildman–Crippen MR) is 76.2 cm³/mol. The van der Waals surface area contributed by atoms with E-state index in [1.165, 1.54) is 38.9 Å². The Morgan fingerprint density at radius 3 is 2.25 bits per heavy atom.